The number of nitrogens with one attached hydrogen (secondary N) is 1. The average molecular weight is 539 g/mol. The van der Waals surface area contributed by atoms with Gasteiger partial charge in [0.15, 0.2) is 5.78 Å². The summed E-state index contributed by atoms with van der Waals surface area (Å²) in [6.45, 7) is 5.16. The number of aliphatic hydroxyl groups excluding tert-OH is 1. The van der Waals surface area contributed by atoms with Crippen LogP contribution in [-0.4, -0.2) is 60.1 Å². The summed E-state index contributed by atoms with van der Waals surface area (Å²) in [5.41, 5.74) is 1.33. The van der Waals surface area contributed by atoms with Gasteiger partial charge in [-0.1, -0.05) is 72.2 Å². The largest absolute Gasteiger partial charge is 0.390 e. The number of ketones is 1. The summed E-state index contributed by atoms with van der Waals surface area (Å²) in [6, 6.07) is 14.5. The quantitative estimate of drug-likeness (QED) is 0.319. The Bertz CT molecular complexity index is 1030. The summed E-state index contributed by atoms with van der Waals surface area (Å²) < 4.78 is 28.0. The highest BCUT2D eigenvalue weighted by molar-refractivity contribution is 9.09. The van der Waals surface area contributed by atoms with Crippen molar-refractivity contribution in [3.8, 4) is 0 Å². The minimum absolute atomic E-state index is 0.00885. The average Bonchev–Trinajstić information content (AvgIpc) is 2.77. The Hall–Kier alpha value is -2.07. The number of carbonyl (C=O) groups excluding carboxylic acids is 2. The second-order valence-corrected chi connectivity index (χ2v) is 10.9. The molecule has 9 heteroatoms. The fourth-order valence-corrected chi connectivity index (χ4v) is 5.41. The van der Waals surface area contributed by atoms with E-state index in [1.807, 2.05) is 44.2 Å². The van der Waals surface area contributed by atoms with Crippen LogP contribution in [0.15, 0.2) is 59.5 Å². The Morgan fingerprint density at radius 3 is 2.15 bits per heavy atom. The lowest BCUT2D eigenvalue weighted by molar-refractivity contribution is -0.120. The van der Waals surface area contributed by atoms with E-state index >= 15 is 0 Å². The highest BCUT2D eigenvalue weighted by atomic mass is 79.9. The third kappa shape index (κ3) is 8.03. The zero-order valence-corrected chi connectivity index (χ0v) is 21.5. The van der Waals surface area contributed by atoms with Gasteiger partial charge in [0.05, 0.1) is 22.4 Å². The van der Waals surface area contributed by atoms with E-state index in [1.54, 1.807) is 0 Å². The number of alkyl halides is 1. The van der Waals surface area contributed by atoms with Crippen LogP contribution in [0.25, 0.3) is 0 Å². The van der Waals surface area contributed by atoms with Crippen molar-refractivity contribution in [3.05, 3.63) is 65.7 Å². The molecule has 0 saturated carbocycles. The summed E-state index contributed by atoms with van der Waals surface area (Å²) in [4.78, 5) is 23.6. The molecule has 0 fully saturated rings. The zero-order valence-electron chi connectivity index (χ0n) is 19.1. The van der Waals surface area contributed by atoms with Gasteiger partial charge in [-0.25, -0.2) is 8.42 Å². The molecule has 0 unspecified atom stereocenters. The maximum Gasteiger partial charge on any atom is 0.243 e. The molecule has 0 spiro atoms. The van der Waals surface area contributed by atoms with E-state index in [-0.39, 0.29) is 40.9 Å². The number of halogens is 1. The van der Waals surface area contributed by atoms with Gasteiger partial charge >= 0.3 is 0 Å². The first kappa shape index (κ1) is 27.2. The smallest absolute Gasteiger partial charge is 0.243 e. The molecule has 2 aromatic rings. The summed E-state index contributed by atoms with van der Waals surface area (Å²) >= 11 is 3.11. The number of Topliss-reactive ketones (excluding diaryl/α,β-unsaturated/α-hetero) is 1. The van der Waals surface area contributed by atoms with Crippen molar-refractivity contribution in [2.24, 2.45) is 5.92 Å². The number of carbonyl (C=O) groups is 2. The normalized spacial score (nSPS) is 13.7. The van der Waals surface area contributed by atoms with E-state index in [1.165, 1.54) is 35.5 Å². The fraction of sp³-hybridized carbons (Fsp3) is 0.417. The monoisotopic (exact) mass is 538 g/mol. The minimum Gasteiger partial charge on any atom is -0.390 e. The molecule has 0 bridgehead atoms. The molecule has 0 aliphatic carbocycles. The first-order chi connectivity index (χ1) is 15.5. The highest BCUT2D eigenvalue weighted by Gasteiger charge is 2.31. The first-order valence-corrected chi connectivity index (χ1v) is 13.3. The molecule has 0 aliphatic rings. The molecule has 1 amide bonds. The minimum atomic E-state index is -3.94. The SMILES string of the molecule is CC(=O)N[C@@H](Cc1ccccc1)[C@H](O)CN(CC(C)C)S(=O)(=O)c1ccc(C(=O)CBr)cc1. The van der Waals surface area contributed by atoms with Crippen LogP contribution in [-0.2, 0) is 21.2 Å². The van der Waals surface area contributed by atoms with Crippen molar-refractivity contribution in [1.29, 1.82) is 0 Å². The van der Waals surface area contributed by atoms with Crippen molar-refractivity contribution in [2.45, 2.75) is 44.2 Å². The predicted molar refractivity (Wildman–Crippen MR) is 132 cm³/mol. The van der Waals surface area contributed by atoms with Gasteiger partial charge in [0.25, 0.3) is 0 Å². The molecule has 2 rings (SSSR count). The number of benzene rings is 2. The maximum absolute atomic E-state index is 13.4. The Morgan fingerprint density at radius 1 is 1.03 bits per heavy atom. The molecule has 0 aromatic heterocycles. The number of rotatable bonds is 12. The number of hydrogen-bond acceptors (Lipinski definition) is 5. The van der Waals surface area contributed by atoms with Gasteiger partial charge < -0.3 is 10.4 Å². The molecule has 0 aliphatic heterocycles. The molecule has 2 atom stereocenters. The molecule has 0 radical (unpaired) electrons. The summed E-state index contributed by atoms with van der Waals surface area (Å²) in [5.74, 6) is -0.442. The fourth-order valence-electron chi connectivity index (χ4n) is 3.47. The van der Waals surface area contributed by atoms with Crippen LogP contribution in [0.1, 0.15) is 36.7 Å². The molecule has 33 heavy (non-hydrogen) atoms. The van der Waals surface area contributed by atoms with E-state index in [9.17, 15) is 23.1 Å². The van der Waals surface area contributed by atoms with Gasteiger partial charge in [-0.15, -0.1) is 0 Å². The van der Waals surface area contributed by atoms with E-state index < -0.39 is 22.2 Å². The van der Waals surface area contributed by atoms with Crippen molar-refractivity contribution in [3.63, 3.8) is 0 Å². The molecule has 2 N–H and O–H groups in total. The number of hydrogen-bond donors (Lipinski definition) is 2. The van der Waals surface area contributed by atoms with Crippen LogP contribution >= 0.6 is 15.9 Å². The lowest BCUT2D eigenvalue weighted by atomic mass is 10.0. The Kier molecular flexibility index (Phi) is 10.2. The Morgan fingerprint density at radius 2 is 1.64 bits per heavy atom. The standard InChI is InChI=1S/C24H31BrN2O5S/c1-17(2)15-27(33(31,32)21-11-9-20(10-12-21)23(29)14-25)16-24(30)22(26-18(3)28)13-19-7-5-4-6-8-19/h4-12,17,22,24,30H,13-16H2,1-3H3,(H,26,28)/t22-,24+/m0/s1. The van der Waals surface area contributed by atoms with Crippen LogP contribution in [0.3, 0.4) is 0 Å². The van der Waals surface area contributed by atoms with Gasteiger partial charge in [0.2, 0.25) is 15.9 Å². The molecular formula is C24H31BrN2O5S. The lowest BCUT2D eigenvalue weighted by Crippen LogP contribution is -2.50. The summed E-state index contributed by atoms with van der Waals surface area (Å²) in [5, 5.41) is 13.9. The molecule has 0 heterocycles. The highest BCUT2D eigenvalue weighted by Crippen LogP contribution is 2.20. The van der Waals surface area contributed by atoms with Crippen molar-refractivity contribution in [1.82, 2.24) is 9.62 Å². The van der Waals surface area contributed by atoms with Gasteiger partial charge in [0, 0.05) is 25.6 Å². The van der Waals surface area contributed by atoms with E-state index in [0.717, 1.165) is 5.56 Å². The van der Waals surface area contributed by atoms with E-state index in [0.29, 0.717) is 12.0 Å². The maximum atomic E-state index is 13.4. The number of aliphatic hydroxyl groups is 1. The number of sulfonamides is 1. The Labute approximate surface area is 204 Å². The van der Waals surface area contributed by atoms with E-state index in [4.69, 9.17) is 0 Å². The van der Waals surface area contributed by atoms with Gasteiger partial charge in [-0.3, -0.25) is 9.59 Å². The topological polar surface area (TPSA) is 104 Å². The van der Waals surface area contributed by atoms with Crippen LogP contribution in [0.2, 0.25) is 0 Å². The van der Waals surface area contributed by atoms with Gasteiger partial charge in [0.1, 0.15) is 0 Å². The summed E-state index contributed by atoms with van der Waals surface area (Å²) in [7, 11) is -3.94. The van der Waals surface area contributed by atoms with Crippen LogP contribution in [0.4, 0.5) is 0 Å². The van der Waals surface area contributed by atoms with Gasteiger partial charge in [-0.2, -0.15) is 4.31 Å². The second kappa shape index (κ2) is 12.4. The molecule has 2 aromatic carbocycles. The van der Waals surface area contributed by atoms with Crippen molar-refractivity contribution >= 4 is 37.6 Å². The third-order valence-electron chi connectivity index (χ3n) is 5.05. The number of amides is 1. The lowest BCUT2D eigenvalue weighted by Gasteiger charge is -2.30. The summed E-state index contributed by atoms with van der Waals surface area (Å²) in [6.07, 6.45) is -0.766. The van der Waals surface area contributed by atoms with Crippen LogP contribution in [0, 0.1) is 5.92 Å². The van der Waals surface area contributed by atoms with Crippen molar-refractivity contribution in [2.75, 3.05) is 18.4 Å². The predicted octanol–water partition coefficient (Wildman–Crippen LogP) is 3.02. The first-order valence-electron chi connectivity index (χ1n) is 10.7. The molecular weight excluding hydrogens is 508 g/mol. The molecule has 0 saturated heterocycles. The van der Waals surface area contributed by atoms with E-state index in [2.05, 4.69) is 21.2 Å². The van der Waals surface area contributed by atoms with Crippen LogP contribution < -0.4 is 5.32 Å². The molecule has 7 nitrogen and oxygen atoms in total. The second-order valence-electron chi connectivity index (χ2n) is 8.36. The Balaban J connectivity index is 2.29. The third-order valence-corrected chi connectivity index (χ3v) is 7.40. The van der Waals surface area contributed by atoms with Crippen LogP contribution in [0.5, 0.6) is 0 Å². The van der Waals surface area contributed by atoms with Gasteiger partial charge in [-0.05, 0) is 30.0 Å². The zero-order chi connectivity index (χ0) is 24.6. The number of nitrogens with zero attached hydrogens (tertiary/aromatic N) is 1. The van der Waals surface area contributed by atoms with Crippen molar-refractivity contribution < 1.29 is 23.1 Å². The molecule has 180 valence electrons.